The van der Waals surface area contributed by atoms with Gasteiger partial charge >= 0.3 is 0 Å². The highest BCUT2D eigenvalue weighted by Crippen LogP contribution is 2.25. The van der Waals surface area contributed by atoms with Gasteiger partial charge < -0.3 is 14.8 Å². The van der Waals surface area contributed by atoms with Crippen LogP contribution in [0.2, 0.25) is 0 Å². The van der Waals surface area contributed by atoms with Crippen molar-refractivity contribution in [2.75, 3.05) is 39.6 Å². The average molecular weight is 309 g/mol. The summed E-state index contributed by atoms with van der Waals surface area (Å²) >= 11 is 1.68. The summed E-state index contributed by atoms with van der Waals surface area (Å²) in [6, 6.07) is 10.1. The second kappa shape index (κ2) is 9.50. The molecule has 21 heavy (non-hydrogen) atoms. The number of hydrogen-bond donors (Lipinski definition) is 1. The topological polar surface area (TPSA) is 30.5 Å². The van der Waals surface area contributed by atoms with Crippen LogP contribution < -0.4 is 10.1 Å². The van der Waals surface area contributed by atoms with Crippen molar-refractivity contribution >= 4 is 11.3 Å². The van der Waals surface area contributed by atoms with Crippen LogP contribution in [0.4, 0.5) is 4.39 Å². The normalized spacial score (nSPS) is 10.7. The van der Waals surface area contributed by atoms with Gasteiger partial charge in [-0.2, -0.15) is 11.3 Å². The number of alkyl halides is 1. The van der Waals surface area contributed by atoms with Crippen molar-refractivity contribution in [2.45, 2.75) is 0 Å². The van der Waals surface area contributed by atoms with E-state index in [1.54, 1.807) is 11.3 Å². The number of nitrogens with one attached hydrogen (secondary N) is 1. The first-order valence-corrected chi connectivity index (χ1v) is 7.94. The van der Waals surface area contributed by atoms with E-state index in [0.717, 1.165) is 11.3 Å². The maximum atomic E-state index is 11.8. The molecule has 3 nitrogen and oxygen atoms in total. The zero-order valence-electron chi connectivity index (χ0n) is 11.9. The standard InChI is InChI=1S/C16H20FNO2S/c17-5-6-18-7-8-19-9-10-20-16-3-1-2-14(12-16)15-4-11-21-13-15/h1-4,11-13,18H,5-10H2. The third kappa shape index (κ3) is 5.83. The van der Waals surface area contributed by atoms with Crippen molar-refractivity contribution in [1.82, 2.24) is 5.32 Å². The van der Waals surface area contributed by atoms with Crippen molar-refractivity contribution in [3.8, 4) is 16.9 Å². The van der Waals surface area contributed by atoms with E-state index >= 15 is 0 Å². The lowest BCUT2D eigenvalue weighted by atomic mass is 10.1. The van der Waals surface area contributed by atoms with Gasteiger partial charge in [-0.1, -0.05) is 12.1 Å². The molecule has 1 aromatic carbocycles. The number of halogens is 1. The number of ether oxygens (including phenoxy) is 2. The van der Waals surface area contributed by atoms with E-state index in [0.29, 0.717) is 32.9 Å². The van der Waals surface area contributed by atoms with E-state index in [2.05, 4.69) is 28.2 Å². The van der Waals surface area contributed by atoms with Gasteiger partial charge in [0.15, 0.2) is 0 Å². The smallest absolute Gasteiger partial charge is 0.120 e. The van der Waals surface area contributed by atoms with Gasteiger partial charge in [-0.3, -0.25) is 0 Å². The van der Waals surface area contributed by atoms with Crippen molar-refractivity contribution < 1.29 is 13.9 Å². The first-order valence-electron chi connectivity index (χ1n) is 7.00. The lowest BCUT2D eigenvalue weighted by Crippen LogP contribution is -2.22. The lowest BCUT2D eigenvalue weighted by molar-refractivity contribution is 0.102. The van der Waals surface area contributed by atoms with E-state index in [9.17, 15) is 4.39 Å². The molecule has 2 aromatic rings. The minimum absolute atomic E-state index is 0.344. The minimum atomic E-state index is -0.344. The van der Waals surface area contributed by atoms with Crippen LogP contribution in [-0.2, 0) is 4.74 Å². The summed E-state index contributed by atoms with van der Waals surface area (Å²) in [6.45, 7) is 2.31. The highest BCUT2D eigenvalue weighted by molar-refractivity contribution is 7.08. The predicted molar refractivity (Wildman–Crippen MR) is 84.9 cm³/mol. The molecule has 2 rings (SSSR count). The predicted octanol–water partition coefficient (Wildman–Crippen LogP) is 3.37. The molecular weight excluding hydrogens is 289 g/mol. The Labute approximate surface area is 128 Å². The molecule has 0 saturated carbocycles. The number of thiophene rings is 1. The zero-order chi connectivity index (χ0) is 14.8. The first kappa shape index (κ1) is 15.9. The summed E-state index contributed by atoms with van der Waals surface area (Å²) in [5.41, 5.74) is 2.37. The Balaban J connectivity index is 1.66. The second-order valence-corrected chi connectivity index (χ2v) is 5.22. The van der Waals surface area contributed by atoms with E-state index in [-0.39, 0.29) is 6.67 Å². The molecule has 0 radical (unpaired) electrons. The number of rotatable bonds is 10. The van der Waals surface area contributed by atoms with Crippen LogP contribution in [0.5, 0.6) is 5.75 Å². The van der Waals surface area contributed by atoms with Gasteiger partial charge in [-0.05, 0) is 40.1 Å². The molecule has 0 atom stereocenters. The Morgan fingerprint density at radius 2 is 2.00 bits per heavy atom. The third-order valence-electron chi connectivity index (χ3n) is 2.88. The molecule has 0 amide bonds. The van der Waals surface area contributed by atoms with Crippen LogP contribution in [0.1, 0.15) is 0 Å². The fraction of sp³-hybridized carbons (Fsp3) is 0.375. The van der Waals surface area contributed by atoms with Gasteiger partial charge in [0, 0.05) is 13.1 Å². The van der Waals surface area contributed by atoms with Crippen LogP contribution in [-0.4, -0.2) is 39.6 Å². The molecule has 0 aliphatic rings. The molecule has 0 spiro atoms. The molecule has 5 heteroatoms. The van der Waals surface area contributed by atoms with Crippen LogP contribution in [0, 0.1) is 0 Å². The molecule has 0 aliphatic heterocycles. The summed E-state index contributed by atoms with van der Waals surface area (Å²) in [5.74, 6) is 0.845. The molecule has 0 unspecified atom stereocenters. The molecule has 114 valence electrons. The van der Waals surface area contributed by atoms with Crippen LogP contribution in [0.3, 0.4) is 0 Å². The molecule has 1 aromatic heterocycles. The molecule has 0 bridgehead atoms. The van der Waals surface area contributed by atoms with Crippen LogP contribution >= 0.6 is 11.3 Å². The quantitative estimate of drug-likeness (QED) is 0.683. The fourth-order valence-corrected chi connectivity index (χ4v) is 2.52. The zero-order valence-corrected chi connectivity index (χ0v) is 12.7. The molecule has 1 N–H and O–H groups in total. The molecule has 1 heterocycles. The van der Waals surface area contributed by atoms with Gasteiger partial charge in [-0.15, -0.1) is 0 Å². The minimum Gasteiger partial charge on any atom is -0.491 e. The van der Waals surface area contributed by atoms with Crippen LogP contribution in [0.25, 0.3) is 11.1 Å². The monoisotopic (exact) mass is 309 g/mol. The van der Waals surface area contributed by atoms with E-state index in [1.165, 1.54) is 5.56 Å². The van der Waals surface area contributed by atoms with Gasteiger partial charge in [0.2, 0.25) is 0 Å². The molecule has 0 saturated heterocycles. The maximum absolute atomic E-state index is 11.8. The average Bonchev–Trinajstić information content (AvgIpc) is 3.05. The van der Waals surface area contributed by atoms with E-state index in [4.69, 9.17) is 9.47 Å². The highest BCUT2D eigenvalue weighted by atomic mass is 32.1. The first-order chi connectivity index (χ1) is 10.4. The van der Waals surface area contributed by atoms with Gasteiger partial charge in [0.25, 0.3) is 0 Å². The Morgan fingerprint density at radius 1 is 1.05 bits per heavy atom. The Kier molecular flexibility index (Phi) is 7.21. The fourth-order valence-electron chi connectivity index (χ4n) is 1.85. The second-order valence-electron chi connectivity index (χ2n) is 4.44. The van der Waals surface area contributed by atoms with Gasteiger partial charge in [0.1, 0.15) is 19.0 Å². The molecular formula is C16H20FNO2S. The largest absolute Gasteiger partial charge is 0.491 e. The maximum Gasteiger partial charge on any atom is 0.120 e. The van der Waals surface area contributed by atoms with Crippen molar-refractivity contribution in [1.29, 1.82) is 0 Å². The molecule has 0 fully saturated rings. The van der Waals surface area contributed by atoms with Gasteiger partial charge in [0.05, 0.1) is 13.2 Å². The SMILES string of the molecule is FCCNCCOCCOc1cccc(-c2ccsc2)c1. The summed E-state index contributed by atoms with van der Waals surface area (Å²) in [5, 5.41) is 7.11. The van der Waals surface area contributed by atoms with E-state index in [1.807, 2.05) is 18.2 Å². The summed E-state index contributed by atoms with van der Waals surface area (Å²) in [6.07, 6.45) is 0. The van der Waals surface area contributed by atoms with Crippen LogP contribution in [0.15, 0.2) is 41.1 Å². The third-order valence-corrected chi connectivity index (χ3v) is 3.56. The molecule has 0 aliphatic carbocycles. The van der Waals surface area contributed by atoms with Crippen molar-refractivity contribution in [3.63, 3.8) is 0 Å². The Bertz CT molecular complexity index is 505. The number of hydrogen-bond acceptors (Lipinski definition) is 4. The van der Waals surface area contributed by atoms with Crippen molar-refractivity contribution in [3.05, 3.63) is 41.1 Å². The van der Waals surface area contributed by atoms with E-state index < -0.39 is 0 Å². The number of benzene rings is 1. The summed E-state index contributed by atoms with van der Waals surface area (Å²) in [7, 11) is 0. The Hall–Kier alpha value is -1.43. The van der Waals surface area contributed by atoms with Crippen molar-refractivity contribution in [2.24, 2.45) is 0 Å². The summed E-state index contributed by atoms with van der Waals surface area (Å²) < 4.78 is 22.9. The summed E-state index contributed by atoms with van der Waals surface area (Å²) in [4.78, 5) is 0. The Morgan fingerprint density at radius 3 is 2.81 bits per heavy atom. The lowest BCUT2D eigenvalue weighted by Gasteiger charge is -2.08. The highest BCUT2D eigenvalue weighted by Gasteiger charge is 2.00. The van der Waals surface area contributed by atoms with Gasteiger partial charge in [-0.25, -0.2) is 4.39 Å².